The summed E-state index contributed by atoms with van der Waals surface area (Å²) in [7, 11) is 0. The van der Waals surface area contributed by atoms with Crippen LogP contribution in [0.3, 0.4) is 0 Å². The Labute approximate surface area is 149 Å². The highest BCUT2D eigenvalue weighted by Crippen LogP contribution is 2.31. The van der Waals surface area contributed by atoms with Crippen molar-refractivity contribution in [3.8, 4) is 0 Å². The van der Waals surface area contributed by atoms with Gasteiger partial charge in [0.25, 0.3) is 5.91 Å². The Morgan fingerprint density at radius 1 is 1.19 bits per heavy atom. The molecule has 0 spiro atoms. The number of ether oxygens (including phenoxy) is 1. The summed E-state index contributed by atoms with van der Waals surface area (Å²) in [6.07, 6.45) is 0.138. The molecule has 1 N–H and O–H groups in total. The second-order valence-corrected chi connectivity index (χ2v) is 5.98. The standard InChI is InChI=1S/C19H15N3O4/c1-11-20-19(26-22-11)21-17(23)13-7-8-15-14(9-13)10-16(25-18(15)24)12-5-3-2-4-6-12/h2-9,16H,10H2,1H3,(H,20,21,22,23). The number of nitrogens with zero attached hydrogens (tertiary/aromatic N) is 2. The number of anilines is 1. The number of carbonyl (C=O) groups excluding carboxylic acids is 2. The average Bonchev–Trinajstić information content (AvgIpc) is 3.06. The Morgan fingerprint density at radius 3 is 2.73 bits per heavy atom. The first-order valence-corrected chi connectivity index (χ1v) is 8.10. The second kappa shape index (κ2) is 6.44. The maximum absolute atomic E-state index is 12.4. The molecule has 3 aromatic rings. The molecule has 0 fully saturated rings. The van der Waals surface area contributed by atoms with E-state index in [0.717, 1.165) is 11.1 Å². The van der Waals surface area contributed by atoms with Gasteiger partial charge >= 0.3 is 12.0 Å². The number of aromatic nitrogens is 2. The molecule has 0 radical (unpaired) electrons. The maximum Gasteiger partial charge on any atom is 0.339 e. The quantitative estimate of drug-likeness (QED) is 0.730. The van der Waals surface area contributed by atoms with E-state index < -0.39 is 0 Å². The molecule has 0 bridgehead atoms. The van der Waals surface area contributed by atoms with Gasteiger partial charge in [0, 0.05) is 12.0 Å². The van der Waals surface area contributed by atoms with Crippen molar-refractivity contribution in [2.75, 3.05) is 5.32 Å². The smallest absolute Gasteiger partial charge is 0.339 e. The van der Waals surface area contributed by atoms with Crippen LogP contribution in [0.1, 0.15) is 43.8 Å². The summed E-state index contributed by atoms with van der Waals surface area (Å²) in [5.41, 5.74) is 2.57. The fraction of sp³-hybridized carbons (Fsp3) is 0.158. The summed E-state index contributed by atoms with van der Waals surface area (Å²) in [4.78, 5) is 28.6. The third kappa shape index (κ3) is 3.06. The summed E-state index contributed by atoms with van der Waals surface area (Å²) in [5, 5.41) is 6.17. The molecule has 1 aliphatic rings. The fourth-order valence-electron chi connectivity index (χ4n) is 2.91. The number of nitrogens with one attached hydrogen (secondary N) is 1. The van der Waals surface area contributed by atoms with E-state index in [1.54, 1.807) is 25.1 Å². The van der Waals surface area contributed by atoms with Crippen LogP contribution in [0.25, 0.3) is 0 Å². The van der Waals surface area contributed by atoms with Crippen molar-refractivity contribution < 1.29 is 18.8 Å². The number of hydrogen-bond donors (Lipinski definition) is 1. The molecule has 1 amide bonds. The van der Waals surface area contributed by atoms with Crippen molar-refractivity contribution in [3.05, 3.63) is 76.6 Å². The summed E-state index contributed by atoms with van der Waals surface area (Å²) < 4.78 is 10.4. The van der Waals surface area contributed by atoms with Crippen molar-refractivity contribution in [3.63, 3.8) is 0 Å². The van der Waals surface area contributed by atoms with Crippen LogP contribution in [0.4, 0.5) is 6.01 Å². The highest BCUT2D eigenvalue weighted by Gasteiger charge is 2.28. The van der Waals surface area contributed by atoms with E-state index in [0.29, 0.717) is 23.4 Å². The monoisotopic (exact) mass is 349 g/mol. The van der Waals surface area contributed by atoms with Crippen LogP contribution in [0, 0.1) is 6.92 Å². The summed E-state index contributed by atoms with van der Waals surface area (Å²) in [5.74, 6) is -0.342. The molecular weight excluding hydrogens is 334 g/mol. The SMILES string of the molecule is Cc1noc(NC(=O)c2ccc3c(c2)CC(c2ccccc2)OC3=O)n1. The van der Waals surface area contributed by atoms with Crippen LogP contribution < -0.4 is 5.32 Å². The number of carbonyl (C=O) groups is 2. The van der Waals surface area contributed by atoms with Crippen LogP contribution in [0.15, 0.2) is 53.1 Å². The normalized spacial score (nSPS) is 15.9. The minimum absolute atomic E-state index is 0.0341. The fourth-order valence-corrected chi connectivity index (χ4v) is 2.91. The molecule has 0 saturated carbocycles. The van der Waals surface area contributed by atoms with Crippen molar-refractivity contribution in [1.29, 1.82) is 0 Å². The molecular formula is C19H15N3O4. The van der Waals surface area contributed by atoms with E-state index in [2.05, 4.69) is 15.5 Å². The van der Waals surface area contributed by atoms with Crippen LogP contribution in [0.5, 0.6) is 0 Å². The number of hydrogen-bond acceptors (Lipinski definition) is 6. The second-order valence-electron chi connectivity index (χ2n) is 5.98. The van der Waals surface area contributed by atoms with Gasteiger partial charge in [-0.1, -0.05) is 35.5 Å². The number of cyclic esters (lactones) is 1. The number of aryl methyl sites for hydroxylation is 1. The largest absolute Gasteiger partial charge is 0.454 e. The first-order valence-electron chi connectivity index (χ1n) is 8.10. The van der Waals surface area contributed by atoms with Gasteiger partial charge in [-0.3, -0.25) is 10.1 Å². The Bertz CT molecular complexity index is 981. The molecule has 4 rings (SSSR count). The minimum atomic E-state index is -0.389. The molecule has 1 atom stereocenters. The Balaban J connectivity index is 1.59. The lowest BCUT2D eigenvalue weighted by Gasteiger charge is -2.25. The molecule has 1 unspecified atom stereocenters. The zero-order chi connectivity index (χ0) is 18.1. The van der Waals surface area contributed by atoms with Crippen LogP contribution in [0.2, 0.25) is 0 Å². The van der Waals surface area contributed by atoms with Gasteiger partial charge < -0.3 is 9.26 Å². The van der Waals surface area contributed by atoms with Gasteiger partial charge in [-0.2, -0.15) is 4.98 Å². The zero-order valence-corrected chi connectivity index (χ0v) is 13.9. The van der Waals surface area contributed by atoms with E-state index in [-0.39, 0.29) is 24.0 Å². The molecule has 7 heteroatoms. The van der Waals surface area contributed by atoms with Gasteiger partial charge in [0.05, 0.1) is 5.56 Å². The Morgan fingerprint density at radius 2 is 2.00 bits per heavy atom. The number of esters is 1. The minimum Gasteiger partial charge on any atom is -0.454 e. The lowest BCUT2D eigenvalue weighted by atomic mass is 9.93. The van der Waals surface area contributed by atoms with Crippen molar-refractivity contribution in [1.82, 2.24) is 10.1 Å². The molecule has 2 aromatic carbocycles. The summed E-state index contributed by atoms with van der Waals surface area (Å²) >= 11 is 0. The van der Waals surface area contributed by atoms with E-state index in [1.807, 2.05) is 30.3 Å². The predicted octanol–water partition coefficient (Wildman–Crippen LogP) is 3.08. The molecule has 1 aromatic heterocycles. The molecule has 0 saturated heterocycles. The molecule has 7 nitrogen and oxygen atoms in total. The van der Waals surface area contributed by atoms with Gasteiger partial charge in [-0.25, -0.2) is 4.79 Å². The lowest BCUT2D eigenvalue weighted by Crippen LogP contribution is -2.23. The molecule has 26 heavy (non-hydrogen) atoms. The van der Waals surface area contributed by atoms with Crippen molar-refractivity contribution in [2.24, 2.45) is 0 Å². The molecule has 1 aliphatic heterocycles. The van der Waals surface area contributed by atoms with Gasteiger partial charge in [0.1, 0.15) is 6.10 Å². The van der Waals surface area contributed by atoms with Gasteiger partial charge in [-0.15, -0.1) is 0 Å². The third-order valence-electron chi connectivity index (χ3n) is 4.16. The highest BCUT2D eigenvalue weighted by molar-refractivity contribution is 6.04. The molecule has 0 aliphatic carbocycles. The van der Waals surface area contributed by atoms with Crippen LogP contribution in [-0.4, -0.2) is 22.0 Å². The highest BCUT2D eigenvalue weighted by atomic mass is 16.5. The van der Waals surface area contributed by atoms with E-state index in [9.17, 15) is 9.59 Å². The molecule has 130 valence electrons. The van der Waals surface area contributed by atoms with Gasteiger partial charge in [0.15, 0.2) is 5.82 Å². The topological polar surface area (TPSA) is 94.3 Å². The predicted molar refractivity (Wildman–Crippen MR) is 91.7 cm³/mol. The lowest BCUT2D eigenvalue weighted by molar-refractivity contribution is 0.0252. The van der Waals surface area contributed by atoms with Crippen LogP contribution >= 0.6 is 0 Å². The Kier molecular flexibility index (Phi) is 3.96. The summed E-state index contributed by atoms with van der Waals surface area (Å²) in [6.45, 7) is 1.66. The number of fused-ring (bicyclic) bond motifs is 1. The third-order valence-corrected chi connectivity index (χ3v) is 4.16. The van der Waals surface area contributed by atoms with Crippen molar-refractivity contribution >= 4 is 17.9 Å². The first-order chi connectivity index (χ1) is 12.6. The first kappa shape index (κ1) is 16.0. The van der Waals surface area contributed by atoms with Gasteiger partial charge in [0.2, 0.25) is 0 Å². The zero-order valence-electron chi connectivity index (χ0n) is 13.9. The van der Waals surface area contributed by atoms with Gasteiger partial charge in [-0.05, 0) is 36.2 Å². The molecule has 2 heterocycles. The van der Waals surface area contributed by atoms with E-state index >= 15 is 0 Å². The number of rotatable bonds is 3. The van der Waals surface area contributed by atoms with E-state index in [1.165, 1.54) is 0 Å². The summed E-state index contributed by atoms with van der Waals surface area (Å²) in [6, 6.07) is 14.4. The maximum atomic E-state index is 12.4. The Hall–Kier alpha value is -3.48. The average molecular weight is 349 g/mol. The number of benzene rings is 2. The van der Waals surface area contributed by atoms with Crippen molar-refractivity contribution in [2.45, 2.75) is 19.4 Å². The number of amides is 1. The van der Waals surface area contributed by atoms with Crippen LogP contribution in [-0.2, 0) is 11.2 Å². The van der Waals surface area contributed by atoms with E-state index in [4.69, 9.17) is 9.26 Å².